The van der Waals surface area contributed by atoms with Crippen LogP contribution in [0.5, 0.6) is 0 Å². The van der Waals surface area contributed by atoms with Gasteiger partial charge in [-0.15, -0.1) is 11.3 Å². The lowest BCUT2D eigenvalue weighted by Crippen LogP contribution is -2.33. The molecule has 0 aliphatic carbocycles. The maximum Gasteiger partial charge on any atom is 0.142 e. The van der Waals surface area contributed by atoms with Gasteiger partial charge in [0.15, 0.2) is 0 Å². The number of nitrogens with two attached hydrogens (primary N) is 1. The number of hydrogen-bond donors (Lipinski definition) is 2. The number of ether oxygens (including phenoxy) is 1. The molecule has 1 aliphatic rings. The smallest absolute Gasteiger partial charge is 0.142 e. The predicted molar refractivity (Wildman–Crippen MR) is 124 cm³/mol. The van der Waals surface area contributed by atoms with E-state index in [-0.39, 0.29) is 11.1 Å². The van der Waals surface area contributed by atoms with Crippen LogP contribution < -0.4 is 11.1 Å². The van der Waals surface area contributed by atoms with Crippen molar-refractivity contribution in [1.82, 2.24) is 15.3 Å². The van der Waals surface area contributed by atoms with E-state index in [4.69, 9.17) is 33.7 Å². The van der Waals surface area contributed by atoms with Crippen LogP contribution in [0, 0.1) is 5.82 Å². The van der Waals surface area contributed by atoms with Crippen LogP contribution in [0.25, 0.3) is 31.7 Å². The van der Waals surface area contributed by atoms with Crippen molar-refractivity contribution >= 4 is 50.4 Å². The van der Waals surface area contributed by atoms with Gasteiger partial charge in [-0.1, -0.05) is 23.2 Å². The third kappa shape index (κ3) is 3.77. The van der Waals surface area contributed by atoms with Crippen LogP contribution in [0.2, 0.25) is 10.0 Å². The number of nitrogens with one attached hydrogen (secondary N) is 1. The van der Waals surface area contributed by atoms with E-state index in [1.807, 2.05) is 18.2 Å². The summed E-state index contributed by atoms with van der Waals surface area (Å²) < 4.78 is 20.7. The molecule has 1 aromatic carbocycles. The molecule has 1 aliphatic heterocycles. The number of benzene rings is 1. The van der Waals surface area contributed by atoms with E-state index in [0.29, 0.717) is 29.6 Å². The monoisotopic (exact) mass is 474 g/mol. The van der Waals surface area contributed by atoms with Gasteiger partial charge in [-0.25, -0.2) is 9.37 Å². The number of halogens is 3. The summed E-state index contributed by atoms with van der Waals surface area (Å²) in [5, 5.41) is 4.57. The first kappa shape index (κ1) is 20.6. The van der Waals surface area contributed by atoms with Crippen molar-refractivity contribution < 1.29 is 9.13 Å². The zero-order chi connectivity index (χ0) is 21.5. The summed E-state index contributed by atoms with van der Waals surface area (Å²) in [6.45, 7) is 2.19. The van der Waals surface area contributed by atoms with Gasteiger partial charge in [0.2, 0.25) is 0 Å². The molecule has 1 fully saturated rings. The quantitative estimate of drug-likeness (QED) is 0.371. The molecule has 158 valence electrons. The van der Waals surface area contributed by atoms with E-state index >= 15 is 0 Å². The van der Waals surface area contributed by atoms with Crippen molar-refractivity contribution in [2.24, 2.45) is 0 Å². The van der Waals surface area contributed by atoms with Crippen molar-refractivity contribution in [3.05, 3.63) is 64.3 Å². The second-order valence-electron chi connectivity index (χ2n) is 7.16. The molecule has 5 nitrogen and oxygen atoms in total. The lowest BCUT2D eigenvalue weighted by molar-refractivity contribution is 0.0250. The van der Waals surface area contributed by atoms with E-state index in [9.17, 15) is 4.39 Å². The van der Waals surface area contributed by atoms with E-state index in [1.165, 1.54) is 23.5 Å². The van der Waals surface area contributed by atoms with Crippen LogP contribution in [0.15, 0.2) is 42.7 Å². The summed E-state index contributed by atoms with van der Waals surface area (Å²) in [5.41, 5.74) is 9.30. The number of nitrogen functional groups attached to an aromatic ring is 1. The zero-order valence-corrected chi connectivity index (χ0v) is 18.5. The summed E-state index contributed by atoms with van der Waals surface area (Å²) >= 11 is 14.0. The Morgan fingerprint density at radius 3 is 2.87 bits per heavy atom. The Balaban J connectivity index is 1.65. The Labute approximate surface area is 192 Å². The van der Waals surface area contributed by atoms with Gasteiger partial charge in [-0.05, 0) is 35.9 Å². The molecule has 1 atom stereocenters. The Kier molecular flexibility index (Phi) is 5.54. The van der Waals surface area contributed by atoms with Crippen LogP contribution in [0.1, 0.15) is 11.8 Å². The summed E-state index contributed by atoms with van der Waals surface area (Å²) in [6.07, 6.45) is 3.40. The molecule has 0 spiro atoms. The standard InChI is InChI=1S/C22H17Cl2FN4OS/c23-14-1-2-15(25)20(24)19(14)18-8-12-13(9-29-22(26)21(12)31-18)11-3-4-28-16(7-11)17-10-27-5-6-30-17/h1-4,7-9,17,27H,5-6,10H2,(H2,26,29). The number of fused-ring (bicyclic) bond motifs is 1. The van der Waals surface area contributed by atoms with Gasteiger partial charge in [0.1, 0.15) is 17.7 Å². The number of nitrogens with zero attached hydrogens (tertiary/aromatic N) is 2. The van der Waals surface area contributed by atoms with Gasteiger partial charge < -0.3 is 15.8 Å². The molecule has 1 unspecified atom stereocenters. The van der Waals surface area contributed by atoms with E-state index in [2.05, 4.69) is 15.3 Å². The van der Waals surface area contributed by atoms with Crippen LogP contribution in [0.3, 0.4) is 0 Å². The highest BCUT2D eigenvalue weighted by atomic mass is 35.5. The number of anilines is 1. The fraction of sp³-hybridized carbons (Fsp3) is 0.182. The van der Waals surface area contributed by atoms with Crippen molar-refractivity contribution in [3.8, 4) is 21.6 Å². The number of thiophene rings is 1. The molecule has 31 heavy (non-hydrogen) atoms. The fourth-order valence-electron chi connectivity index (χ4n) is 3.70. The molecule has 0 radical (unpaired) electrons. The highest BCUT2D eigenvalue weighted by molar-refractivity contribution is 7.23. The summed E-state index contributed by atoms with van der Waals surface area (Å²) in [5.74, 6) is -0.127. The normalized spacial score (nSPS) is 16.7. The Morgan fingerprint density at radius 2 is 2.06 bits per heavy atom. The first-order valence-corrected chi connectivity index (χ1v) is 11.2. The number of hydrogen-bond acceptors (Lipinski definition) is 6. The molecular formula is C22H17Cl2FN4OS. The second kappa shape index (κ2) is 8.33. The van der Waals surface area contributed by atoms with Crippen LogP contribution in [0.4, 0.5) is 10.2 Å². The molecule has 0 amide bonds. The largest absolute Gasteiger partial charge is 0.383 e. The topological polar surface area (TPSA) is 73.1 Å². The first-order chi connectivity index (χ1) is 15.0. The minimum atomic E-state index is -0.523. The third-order valence-electron chi connectivity index (χ3n) is 5.23. The number of pyridine rings is 2. The SMILES string of the molecule is Nc1ncc(-c2ccnc(C3CNCCO3)c2)c2cc(-c3c(Cl)ccc(F)c3Cl)sc12. The molecule has 1 saturated heterocycles. The van der Waals surface area contributed by atoms with Crippen LogP contribution >= 0.6 is 34.5 Å². The van der Waals surface area contributed by atoms with Crippen molar-refractivity contribution in [3.63, 3.8) is 0 Å². The Bertz CT molecular complexity index is 1290. The number of rotatable bonds is 3. The fourth-order valence-corrected chi connectivity index (χ4v) is 5.53. The minimum Gasteiger partial charge on any atom is -0.383 e. The Morgan fingerprint density at radius 1 is 1.19 bits per heavy atom. The Hall–Kier alpha value is -2.29. The number of morpholine rings is 1. The van der Waals surface area contributed by atoms with Gasteiger partial charge in [0, 0.05) is 46.9 Å². The molecule has 4 aromatic rings. The highest BCUT2D eigenvalue weighted by Gasteiger charge is 2.20. The molecule has 9 heteroatoms. The van der Waals surface area contributed by atoms with Gasteiger partial charge in [-0.2, -0.15) is 0 Å². The minimum absolute atomic E-state index is 0.0136. The molecule has 5 rings (SSSR count). The van der Waals surface area contributed by atoms with Crippen LogP contribution in [-0.2, 0) is 4.74 Å². The van der Waals surface area contributed by atoms with Gasteiger partial charge in [0.05, 0.1) is 27.0 Å². The van der Waals surface area contributed by atoms with E-state index in [0.717, 1.165) is 38.3 Å². The maximum absolute atomic E-state index is 14.1. The molecule has 0 bridgehead atoms. The number of aromatic nitrogens is 2. The molecule has 3 aromatic heterocycles. The zero-order valence-electron chi connectivity index (χ0n) is 16.2. The molecule has 0 saturated carbocycles. The lowest BCUT2D eigenvalue weighted by atomic mass is 10.0. The van der Waals surface area contributed by atoms with Crippen molar-refractivity contribution in [2.45, 2.75) is 6.10 Å². The summed E-state index contributed by atoms with van der Waals surface area (Å²) in [4.78, 5) is 9.59. The summed E-state index contributed by atoms with van der Waals surface area (Å²) in [6, 6.07) is 8.61. The molecule has 4 heterocycles. The highest BCUT2D eigenvalue weighted by Crippen LogP contribution is 2.45. The third-order valence-corrected chi connectivity index (χ3v) is 7.09. The summed E-state index contributed by atoms with van der Waals surface area (Å²) in [7, 11) is 0. The average molecular weight is 475 g/mol. The lowest BCUT2D eigenvalue weighted by Gasteiger charge is -2.23. The van der Waals surface area contributed by atoms with Gasteiger partial charge in [-0.3, -0.25) is 4.98 Å². The maximum atomic E-state index is 14.1. The van der Waals surface area contributed by atoms with Crippen molar-refractivity contribution in [2.75, 3.05) is 25.4 Å². The van der Waals surface area contributed by atoms with Crippen LogP contribution in [-0.4, -0.2) is 29.7 Å². The van der Waals surface area contributed by atoms with Crippen molar-refractivity contribution in [1.29, 1.82) is 0 Å². The van der Waals surface area contributed by atoms with E-state index in [1.54, 1.807) is 12.4 Å². The molecule has 3 N–H and O–H groups in total. The predicted octanol–water partition coefficient (Wildman–Crippen LogP) is 5.71. The second-order valence-corrected chi connectivity index (χ2v) is 9.00. The first-order valence-electron chi connectivity index (χ1n) is 9.63. The average Bonchev–Trinajstić information content (AvgIpc) is 3.23. The molecular weight excluding hydrogens is 458 g/mol. The van der Waals surface area contributed by atoms with E-state index < -0.39 is 5.82 Å². The van der Waals surface area contributed by atoms with Gasteiger partial charge >= 0.3 is 0 Å². The van der Waals surface area contributed by atoms with Gasteiger partial charge in [0.25, 0.3) is 0 Å².